The molecule has 138 valence electrons. The van der Waals surface area contributed by atoms with E-state index >= 15 is 0 Å². The SMILES string of the molecule is C=COC(=O)C(CCCCCCCCC)Oc1ccc(C(=O)O)cc1. The Hall–Kier alpha value is -2.30. The van der Waals surface area contributed by atoms with Gasteiger partial charge in [-0.3, -0.25) is 0 Å². The molecule has 5 heteroatoms. The van der Waals surface area contributed by atoms with Crippen LogP contribution in [0.5, 0.6) is 5.75 Å². The smallest absolute Gasteiger partial charge is 0.352 e. The maximum absolute atomic E-state index is 12.0. The zero-order chi connectivity index (χ0) is 18.5. The van der Waals surface area contributed by atoms with Crippen molar-refractivity contribution in [1.82, 2.24) is 0 Å². The Kier molecular flexibility index (Phi) is 10.1. The van der Waals surface area contributed by atoms with Crippen LogP contribution in [0.25, 0.3) is 0 Å². The van der Waals surface area contributed by atoms with Gasteiger partial charge < -0.3 is 14.6 Å². The van der Waals surface area contributed by atoms with Crippen LogP contribution in [0, 0.1) is 0 Å². The molecule has 1 unspecified atom stereocenters. The quantitative estimate of drug-likeness (QED) is 0.310. The molecule has 1 rings (SSSR count). The number of rotatable bonds is 13. The predicted octanol–water partition coefficient (Wildman–Crippen LogP) is 4.96. The number of esters is 1. The average Bonchev–Trinajstić information content (AvgIpc) is 2.60. The molecule has 0 heterocycles. The van der Waals surface area contributed by atoms with Gasteiger partial charge in [0.2, 0.25) is 0 Å². The lowest BCUT2D eigenvalue weighted by Gasteiger charge is -2.17. The van der Waals surface area contributed by atoms with Crippen LogP contribution in [0.2, 0.25) is 0 Å². The van der Waals surface area contributed by atoms with Crippen molar-refractivity contribution >= 4 is 11.9 Å². The molecular formula is C20H28O5. The normalized spacial score (nSPS) is 11.6. The highest BCUT2D eigenvalue weighted by Gasteiger charge is 2.21. The Morgan fingerprint density at radius 1 is 1.08 bits per heavy atom. The molecular weight excluding hydrogens is 320 g/mol. The molecule has 0 saturated carbocycles. The van der Waals surface area contributed by atoms with Crippen molar-refractivity contribution in [3.63, 3.8) is 0 Å². The minimum absolute atomic E-state index is 0.171. The van der Waals surface area contributed by atoms with Gasteiger partial charge in [0.1, 0.15) is 5.75 Å². The van der Waals surface area contributed by atoms with Gasteiger partial charge >= 0.3 is 11.9 Å². The fourth-order valence-corrected chi connectivity index (χ4v) is 2.51. The van der Waals surface area contributed by atoms with Gasteiger partial charge in [0.05, 0.1) is 11.8 Å². The minimum Gasteiger partial charge on any atom is -0.479 e. The van der Waals surface area contributed by atoms with Crippen molar-refractivity contribution in [2.24, 2.45) is 0 Å². The van der Waals surface area contributed by atoms with E-state index in [1.54, 1.807) is 12.1 Å². The van der Waals surface area contributed by atoms with Crippen LogP contribution >= 0.6 is 0 Å². The molecule has 0 saturated heterocycles. The van der Waals surface area contributed by atoms with Crippen LogP contribution in [-0.2, 0) is 9.53 Å². The molecule has 0 fully saturated rings. The standard InChI is InChI=1S/C20H28O5/c1-3-5-6-7-8-9-10-11-18(20(23)24-4-2)25-17-14-12-16(13-15-17)19(21)22/h4,12-15,18H,2-3,5-11H2,1H3,(H,21,22). The summed E-state index contributed by atoms with van der Waals surface area (Å²) in [6.07, 6.45) is 8.96. The number of unbranched alkanes of at least 4 members (excludes halogenated alkanes) is 6. The number of hydrogen-bond donors (Lipinski definition) is 1. The fourth-order valence-electron chi connectivity index (χ4n) is 2.51. The van der Waals surface area contributed by atoms with E-state index in [0.717, 1.165) is 25.5 Å². The lowest BCUT2D eigenvalue weighted by atomic mass is 10.1. The second-order valence-electron chi connectivity index (χ2n) is 5.95. The number of carboxylic acid groups (broad SMARTS) is 1. The number of carboxylic acids is 1. The largest absolute Gasteiger partial charge is 0.479 e. The second-order valence-corrected chi connectivity index (χ2v) is 5.95. The summed E-state index contributed by atoms with van der Waals surface area (Å²) in [5.41, 5.74) is 0.171. The summed E-state index contributed by atoms with van der Waals surface area (Å²) in [6, 6.07) is 5.98. The van der Waals surface area contributed by atoms with Gasteiger partial charge in [-0.25, -0.2) is 9.59 Å². The highest BCUT2D eigenvalue weighted by atomic mass is 16.6. The average molecular weight is 348 g/mol. The van der Waals surface area contributed by atoms with E-state index in [-0.39, 0.29) is 5.56 Å². The van der Waals surface area contributed by atoms with E-state index in [2.05, 4.69) is 13.5 Å². The number of aromatic carboxylic acids is 1. The molecule has 1 aromatic rings. The summed E-state index contributed by atoms with van der Waals surface area (Å²) in [7, 11) is 0. The summed E-state index contributed by atoms with van der Waals surface area (Å²) in [6.45, 7) is 5.59. The Balaban J connectivity index is 2.51. The first-order valence-corrected chi connectivity index (χ1v) is 8.90. The highest BCUT2D eigenvalue weighted by molar-refractivity contribution is 5.87. The number of carbonyl (C=O) groups is 2. The van der Waals surface area contributed by atoms with E-state index < -0.39 is 18.0 Å². The number of ether oxygens (including phenoxy) is 2. The van der Waals surface area contributed by atoms with Crippen LogP contribution in [0.3, 0.4) is 0 Å². The van der Waals surface area contributed by atoms with Crippen molar-refractivity contribution in [3.8, 4) is 5.75 Å². The van der Waals surface area contributed by atoms with Gasteiger partial charge in [0.15, 0.2) is 6.10 Å². The summed E-state index contributed by atoms with van der Waals surface area (Å²) in [5, 5.41) is 8.91. The molecule has 5 nitrogen and oxygen atoms in total. The molecule has 0 spiro atoms. The lowest BCUT2D eigenvalue weighted by molar-refractivity contribution is -0.146. The third-order valence-electron chi connectivity index (χ3n) is 3.91. The van der Waals surface area contributed by atoms with Crippen LogP contribution in [0.15, 0.2) is 37.1 Å². The molecule has 1 aromatic carbocycles. The number of carbonyl (C=O) groups excluding carboxylic acids is 1. The number of hydrogen-bond acceptors (Lipinski definition) is 4. The first-order valence-electron chi connectivity index (χ1n) is 8.90. The van der Waals surface area contributed by atoms with E-state index in [1.807, 2.05) is 0 Å². The summed E-state index contributed by atoms with van der Waals surface area (Å²) < 4.78 is 10.5. The third kappa shape index (κ3) is 8.38. The maximum atomic E-state index is 12.0. The Morgan fingerprint density at radius 3 is 2.24 bits per heavy atom. The molecule has 1 N–H and O–H groups in total. The molecule has 1 atom stereocenters. The molecule has 0 aromatic heterocycles. The Bertz CT molecular complexity index is 536. The summed E-state index contributed by atoms with van der Waals surface area (Å²) >= 11 is 0. The highest BCUT2D eigenvalue weighted by Crippen LogP contribution is 2.18. The van der Waals surface area contributed by atoms with Gasteiger partial charge in [0.25, 0.3) is 0 Å². The fraction of sp³-hybridized carbons (Fsp3) is 0.500. The monoisotopic (exact) mass is 348 g/mol. The molecule has 0 aliphatic carbocycles. The first kappa shape index (κ1) is 20.7. The van der Waals surface area contributed by atoms with Gasteiger partial charge in [-0.15, -0.1) is 0 Å². The van der Waals surface area contributed by atoms with Gasteiger partial charge in [-0.05, 0) is 37.1 Å². The van der Waals surface area contributed by atoms with E-state index in [4.69, 9.17) is 14.6 Å². The van der Waals surface area contributed by atoms with Crippen molar-refractivity contribution < 1.29 is 24.2 Å². The molecule has 25 heavy (non-hydrogen) atoms. The van der Waals surface area contributed by atoms with E-state index in [1.165, 1.54) is 37.8 Å². The van der Waals surface area contributed by atoms with Gasteiger partial charge in [-0.2, -0.15) is 0 Å². The summed E-state index contributed by atoms with van der Waals surface area (Å²) in [5.74, 6) is -1.04. The number of benzene rings is 1. The zero-order valence-corrected chi connectivity index (χ0v) is 14.9. The summed E-state index contributed by atoms with van der Waals surface area (Å²) in [4.78, 5) is 22.9. The predicted molar refractivity (Wildman–Crippen MR) is 96.7 cm³/mol. The van der Waals surface area contributed by atoms with Crippen molar-refractivity contribution in [2.75, 3.05) is 0 Å². The molecule has 0 aliphatic heterocycles. The van der Waals surface area contributed by atoms with Crippen molar-refractivity contribution in [3.05, 3.63) is 42.7 Å². The molecule has 0 bridgehead atoms. The third-order valence-corrected chi connectivity index (χ3v) is 3.91. The molecule has 0 aliphatic rings. The van der Waals surface area contributed by atoms with Crippen molar-refractivity contribution in [2.45, 2.75) is 64.4 Å². The zero-order valence-electron chi connectivity index (χ0n) is 14.9. The van der Waals surface area contributed by atoms with Crippen LogP contribution in [0.1, 0.15) is 68.6 Å². The lowest BCUT2D eigenvalue weighted by Crippen LogP contribution is -2.28. The topological polar surface area (TPSA) is 72.8 Å². The first-order chi connectivity index (χ1) is 12.1. The van der Waals surface area contributed by atoms with Gasteiger partial charge in [-0.1, -0.05) is 52.0 Å². The maximum Gasteiger partial charge on any atom is 0.352 e. The molecule has 0 amide bonds. The van der Waals surface area contributed by atoms with Crippen LogP contribution in [0.4, 0.5) is 0 Å². The minimum atomic E-state index is -1.00. The van der Waals surface area contributed by atoms with E-state index in [9.17, 15) is 9.59 Å². The molecule has 0 radical (unpaired) electrons. The van der Waals surface area contributed by atoms with Crippen LogP contribution < -0.4 is 4.74 Å². The Morgan fingerprint density at radius 2 is 1.68 bits per heavy atom. The van der Waals surface area contributed by atoms with Crippen LogP contribution in [-0.4, -0.2) is 23.1 Å². The second kappa shape index (κ2) is 12.1. The van der Waals surface area contributed by atoms with Crippen molar-refractivity contribution in [1.29, 1.82) is 0 Å². The van der Waals surface area contributed by atoms with E-state index in [0.29, 0.717) is 12.2 Å². The van der Waals surface area contributed by atoms with Gasteiger partial charge in [0, 0.05) is 0 Å². The Labute approximate surface area is 149 Å².